The highest BCUT2D eigenvalue weighted by atomic mass is 79.9. The fraction of sp³-hybridized carbons (Fsp3) is 0.235. The first-order valence-corrected chi connectivity index (χ1v) is 16.0. The molecule has 230 valence electrons. The van der Waals surface area contributed by atoms with E-state index in [4.69, 9.17) is 19.6 Å². The number of carbonyl (C=O) groups excluding carboxylic acids is 1. The Morgan fingerprint density at radius 3 is 2.49 bits per heavy atom. The molecule has 11 heteroatoms. The highest BCUT2D eigenvalue weighted by Gasteiger charge is 2.54. The first-order chi connectivity index (χ1) is 21.9. The molecule has 0 saturated carbocycles. The van der Waals surface area contributed by atoms with Gasteiger partial charge in [0.1, 0.15) is 5.75 Å². The number of rotatable bonds is 13. The van der Waals surface area contributed by atoms with Crippen LogP contribution >= 0.6 is 31.9 Å². The summed E-state index contributed by atoms with van der Waals surface area (Å²) in [7, 11) is 0. The van der Waals surface area contributed by atoms with Crippen LogP contribution in [0, 0.1) is 0 Å². The molecule has 1 amide bonds. The molecule has 4 aromatic rings. The van der Waals surface area contributed by atoms with Gasteiger partial charge in [-0.3, -0.25) is 4.79 Å². The number of azide groups is 1. The fourth-order valence-corrected chi connectivity index (χ4v) is 5.92. The second-order valence-corrected chi connectivity index (χ2v) is 12.2. The van der Waals surface area contributed by atoms with Crippen LogP contribution in [-0.2, 0) is 22.4 Å². The topological polar surface area (TPSA) is 129 Å². The largest absolute Gasteiger partial charge is 0.494 e. The molecule has 45 heavy (non-hydrogen) atoms. The molecule has 0 fully saturated rings. The third-order valence-corrected chi connectivity index (χ3v) is 8.68. The zero-order valence-corrected chi connectivity index (χ0v) is 27.4. The minimum absolute atomic E-state index is 0.0508. The number of aliphatic imine (C=N–C) groups is 1. The van der Waals surface area contributed by atoms with Gasteiger partial charge in [-0.2, -0.15) is 0 Å². The van der Waals surface area contributed by atoms with E-state index in [1.165, 1.54) is 0 Å². The van der Waals surface area contributed by atoms with Gasteiger partial charge in [0.25, 0.3) is 5.91 Å². The number of nitrogens with one attached hydrogen (secondary N) is 1. The highest BCUT2D eigenvalue weighted by Crippen LogP contribution is 2.45. The van der Waals surface area contributed by atoms with E-state index >= 15 is 0 Å². The quantitative estimate of drug-likeness (QED) is 0.0630. The summed E-state index contributed by atoms with van der Waals surface area (Å²) in [5.41, 5.74) is 11.4. The lowest BCUT2D eigenvalue weighted by atomic mass is 9.81. The van der Waals surface area contributed by atoms with Crippen LogP contribution in [0.25, 0.3) is 10.4 Å². The molecule has 0 saturated heterocycles. The molecule has 1 aliphatic heterocycles. The van der Waals surface area contributed by atoms with Gasteiger partial charge >= 0.3 is 0 Å². The molecule has 0 spiro atoms. The molecule has 1 aliphatic rings. The van der Waals surface area contributed by atoms with Crippen LogP contribution in [0.2, 0.25) is 0 Å². The lowest BCUT2D eigenvalue weighted by molar-refractivity contribution is -0.128. The Balaban J connectivity index is 1.56. The van der Waals surface area contributed by atoms with E-state index in [-0.39, 0.29) is 18.9 Å². The lowest BCUT2D eigenvalue weighted by Crippen LogP contribution is -2.50. The minimum atomic E-state index is -1.45. The number of hydrogen-bond donors (Lipinski definition) is 2. The highest BCUT2D eigenvalue weighted by molar-refractivity contribution is 9.10. The Bertz CT molecular complexity index is 1710. The SMILES string of the molecule is [N-]=[N+]=Nc1ccccc1C[C@@]1(C(=O)NCCc2ccc(Br)cc2)N=C(c2ccc(OCCCO)cc2)O[C@@H]1c1ccccc1Br. The molecule has 5 rings (SSSR count). The summed E-state index contributed by atoms with van der Waals surface area (Å²) in [5, 5.41) is 16.1. The molecule has 0 bridgehead atoms. The van der Waals surface area contributed by atoms with E-state index < -0.39 is 11.6 Å². The average Bonchev–Trinajstić information content (AvgIpc) is 3.44. The van der Waals surface area contributed by atoms with Gasteiger partial charge < -0.3 is 19.9 Å². The number of halogens is 2. The third-order valence-electron chi connectivity index (χ3n) is 7.43. The summed E-state index contributed by atoms with van der Waals surface area (Å²) in [4.78, 5) is 22.6. The Labute approximate surface area is 278 Å². The monoisotopic (exact) mass is 731 g/mol. The van der Waals surface area contributed by atoms with Gasteiger partial charge in [0.05, 0.1) is 6.61 Å². The zero-order valence-electron chi connectivity index (χ0n) is 24.3. The molecule has 0 radical (unpaired) electrons. The standard InChI is InChI=1S/C34H31Br2N5O4/c35-26-14-10-23(11-15-26)18-19-38-33(43)34(22-25-6-1-4-9-30(25)40-41-37)31(28-7-2-3-8-29(28)36)45-32(39-34)24-12-16-27(17-13-24)44-21-5-20-42/h1-4,6-17,31,42H,5,18-22H2,(H,38,43)/t31-,34-/m1/s1. The average molecular weight is 733 g/mol. The van der Waals surface area contributed by atoms with Crippen LogP contribution in [0.5, 0.6) is 5.75 Å². The van der Waals surface area contributed by atoms with Crippen molar-refractivity contribution in [1.29, 1.82) is 0 Å². The van der Waals surface area contributed by atoms with Gasteiger partial charge in [0, 0.05) is 56.7 Å². The molecule has 9 nitrogen and oxygen atoms in total. The maximum absolute atomic E-state index is 14.5. The summed E-state index contributed by atoms with van der Waals surface area (Å²) >= 11 is 7.14. The van der Waals surface area contributed by atoms with Gasteiger partial charge in [-0.15, -0.1) is 0 Å². The minimum Gasteiger partial charge on any atom is -0.494 e. The van der Waals surface area contributed by atoms with E-state index in [0.717, 1.165) is 20.1 Å². The number of benzene rings is 4. The summed E-state index contributed by atoms with van der Waals surface area (Å²) in [6.07, 6.45) is 0.459. The second-order valence-electron chi connectivity index (χ2n) is 10.4. The van der Waals surface area contributed by atoms with Gasteiger partial charge in [-0.1, -0.05) is 91.6 Å². The first kappa shape index (κ1) is 32.2. The number of carbonyl (C=O) groups is 1. The predicted octanol–water partition coefficient (Wildman–Crippen LogP) is 7.77. The van der Waals surface area contributed by atoms with Crippen LogP contribution in [0.4, 0.5) is 5.69 Å². The van der Waals surface area contributed by atoms with Crippen LogP contribution in [0.3, 0.4) is 0 Å². The summed E-state index contributed by atoms with van der Waals surface area (Å²) in [6, 6.07) is 30.0. The van der Waals surface area contributed by atoms with E-state index in [0.29, 0.717) is 54.5 Å². The van der Waals surface area contributed by atoms with Gasteiger partial charge in [0.15, 0.2) is 11.6 Å². The maximum Gasteiger partial charge on any atom is 0.252 e. The number of hydrogen-bond acceptors (Lipinski definition) is 6. The smallest absolute Gasteiger partial charge is 0.252 e. The Morgan fingerprint density at radius 2 is 1.76 bits per heavy atom. The molecule has 2 atom stereocenters. The third kappa shape index (κ3) is 7.75. The molecule has 1 heterocycles. The predicted molar refractivity (Wildman–Crippen MR) is 181 cm³/mol. The molecule has 0 aromatic heterocycles. The van der Waals surface area contributed by atoms with Crippen LogP contribution in [0.15, 0.2) is 116 Å². The van der Waals surface area contributed by atoms with Gasteiger partial charge in [-0.25, -0.2) is 4.99 Å². The zero-order chi connectivity index (χ0) is 31.6. The molecule has 4 aromatic carbocycles. The van der Waals surface area contributed by atoms with Crippen molar-refractivity contribution in [3.05, 3.63) is 139 Å². The molecule has 0 unspecified atom stereocenters. The number of aliphatic hydroxyl groups is 1. The van der Waals surface area contributed by atoms with E-state index in [2.05, 4.69) is 47.2 Å². The van der Waals surface area contributed by atoms with Gasteiger partial charge in [0.2, 0.25) is 5.90 Å². The van der Waals surface area contributed by atoms with Crippen LogP contribution in [-0.4, -0.2) is 42.2 Å². The normalized spacial score (nSPS) is 17.1. The van der Waals surface area contributed by atoms with E-state index in [1.807, 2.05) is 72.8 Å². The lowest BCUT2D eigenvalue weighted by Gasteiger charge is -2.31. The molecular formula is C34H31Br2N5O4. The molecule has 2 N–H and O–H groups in total. The molecular weight excluding hydrogens is 702 g/mol. The van der Waals surface area contributed by atoms with Crippen molar-refractivity contribution in [2.45, 2.75) is 30.9 Å². The van der Waals surface area contributed by atoms with Crippen molar-refractivity contribution in [3.8, 4) is 5.75 Å². The van der Waals surface area contributed by atoms with Crippen molar-refractivity contribution >= 4 is 49.4 Å². The Morgan fingerprint density at radius 1 is 1.02 bits per heavy atom. The van der Waals surface area contributed by atoms with Crippen molar-refractivity contribution in [2.24, 2.45) is 10.1 Å². The summed E-state index contributed by atoms with van der Waals surface area (Å²) < 4.78 is 14.1. The van der Waals surface area contributed by atoms with Crippen molar-refractivity contribution < 1.29 is 19.4 Å². The van der Waals surface area contributed by atoms with Crippen molar-refractivity contribution in [2.75, 3.05) is 19.8 Å². The Hall–Kier alpha value is -4.15. The fourth-order valence-electron chi connectivity index (χ4n) is 5.17. The van der Waals surface area contributed by atoms with Crippen molar-refractivity contribution in [3.63, 3.8) is 0 Å². The van der Waals surface area contributed by atoms with E-state index in [9.17, 15) is 10.3 Å². The number of aliphatic hydroxyl groups excluding tert-OH is 1. The van der Waals surface area contributed by atoms with Crippen LogP contribution < -0.4 is 10.1 Å². The number of amides is 1. The van der Waals surface area contributed by atoms with E-state index in [1.54, 1.807) is 24.3 Å². The summed E-state index contributed by atoms with van der Waals surface area (Å²) in [6.45, 7) is 0.828. The van der Waals surface area contributed by atoms with Crippen LogP contribution in [0.1, 0.15) is 34.8 Å². The number of nitrogens with zero attached hydrogens (tertiary/aromatic N) is 4. The first-order valence-electron chi connectivity index (χ1n) is 14.4. The second kappa shape index (κ2) is 15.2. The summed E-state index contributed by atoms with van der Waals surface area (Å²) in [5.74, 6) is 0.644. The Kier molecular flexibility index (Phi) is 10.9. The van der Waals surface area contributed by atoms with Gasteiger partial charge in [-0.05, 0) is 65.5 Å². The number of ether oxygens (including phenoxy) is 2. The van der Waals surface area contributed by atoms with Crippen molar-refractivity contribution in [1.82, 2.24) is 5.32 Å². The molecule has 0 aliphatic carbocycles. The maximum atomic E-state index is 14.5.